The third kappa shape index (κ3) is 12.3. The Morgan fingerprint density at radius 3 is 1.91 bits per heavy atom. The first-order valence-corrected chi connectivity index (χ1v) is 27.8. The van der Waals surface area contributed by atoms with Crippen LogP contribution in [-0.4, -0.2) is 164 Å². The standard InChI is InChI=1S/C58H84N8O16/c1-33-48-36(15-17-42(69)76-9)53(3,4)39(60-48)28-40-58(75,22-20-45(72)79-12)56(7,29-41(68)59-31-35-32-66(65-64-35)23-25-82-26-24-67)51(61-40)34(2)49-37(16-18-43(70)77-10)55(6,30-47(74)81-14)57(8,63-49)52-38(27-46(73)80-13)54(5,50(33)62-52)21-19-44(71)78-11/h28,32,36-38,52,61,67,75H,15-27,29-31H2,1-14H3,(H,59,68)/b40-28?,48-33?,51-34-/t36-,37-,38+,52?,54-,55+,56-,57+,58+/m1/s1. The molecular weight excluding hydrogens is 1060 g/mol. The molecule has 6 rings (SSSR count). The first-order chi connectivity index (χ1) is 38.6. The Labute approximate surface area is 479 Å². The van der Waals surface area contributed by atoms with Crippen LogP contribution in [0.25, 0.3) is 0 Å². The number of hydrogen-bond acceptors (Lipinski definition) is 22. The second-order valence-electron chi connectivity index (χ2n) is 23.4. The second-order valence-corrected chi connectivity index (χ2v) is 23.4. The van der Waals surface area contributed by atoms with E-state index in [0.717, 1.165) is 0 Å². The van der Waals surface area contributed by atoms with E-state index in [1.54, 1.807) is 30.8 Å². The number of aliphatic hydroxyl groups is 2. The molecule has 1 amide bonds. The van der Waals surface area contributed by atoms with Crippen LogP contribution >= 0.6 is 0 Å². The Morgan fingerprint density at radius 2 is 1.32 bits per heavy atom. The van der Waals surface area contributed by atoms with E-state index in [-0.39, 0.29) is 96.3 Å². The lowest BCUT2D eigenvalue weighted by atomic mass is 9.55. The van der Waals surface area contributed by atoms with Crippen LogP contribution in [0.5, 0.6) is 0 Å². The second kappa shape index (κ2) is 25.9. The fraction of sp³-hybridized carbons (Fsp3) is 0.690. The number of methoxy groups -OCH3 is 6. The molecule has 1 saturated heterocycles. The summed E-state index contributed by atoms with van der Waals surface area (Å²) < 4.78 is 38.5. The zero-order valence-electron chi connectivity index (χ0n) is 50.1. The zero-order valence-corrected chi connectivity index (χ0v) is 50.1. The van der Waals surface area contributed by atoms with Gasteiger partial charge in [0.1, 0.15) is 11.3 Å². The molecule has 8 bridgehead atoms. The first-order valence-electron chi connectivity index (χ1n) is 27.8. The quantitative estimate of drug-likeness (QED) is 0.0599. The monoisotopic (exact) mass is 1150 g/mol. The molecule has 24 heteroatoms. The van der Waals surface area contributed by atoms with Crippen molar-refractivity contribution >= 4 is 58.9 Å². The van der Waals surface area contributed by atoms with Crippen LogP contribution in [0.15, 0.2) is 55.5 Å². The fourth-order valence-corrected chi connectivity index (χ4v) is 13.3. The zero-order chi connectivity index (χ0) is 60.8. The number of aliphatic hydroxyl groups excluding tert-OH is 1. The molecule has 0 spiro atoms. The summed E-state index contributed by atoms with van der Waals surface area (Å²) in [7, 11) is 7.67. The molecule has 1 fully saturated rings. The number of carbonyl (C=O) groups excluding carboxylic acids is 7. The highest BCUT2D eigenvalue weighted by atomic mass is 16.5. The van der Waals surface area contributed by atoms with E-state index in [1.807, 2.05) is 41.5 Å². The van der Waals surface area contributed by atoms with Gasteiger partial charge in [0.2, 0.25) is 5.91 Å². The maximum absolute atomic E-state index is 14.8. The lowest BCUT2D eigenvalue weighted by Crippen LogP contribution is -2.55. The van der Waals surface area contributed by atoms with Gasteiger partial charge in [0.15, 0.2) is 0 Å². The van der Waals surface area contributed by atoms with E-state index in [1.165, 1.54) is 42.7 Å². The van der Waals surface area contributed by atoms with Crippen LogP contribution in [0, 0.1) is 39.4 Å². The average Bonchev–Trinajstić information content (AvgIpc) is 1.81. The number of aliphatic imine (C=N–C) groups is 3. The van der Waals surface area contributed by atoms with Crippen molar-refractivity contribution < 1.29 is 76.9 Å². The number of nitrogens with one attached hydrogen (secondary N) is 2. The molecule has 9 atom stereocenters. The lowest BCUT2D eigenvalue weighted by molar-refractivity contribution is -0.147. The minimum Gasteiger partial charge on any atom is -0.469 e. The molecule has 0 saturated carbocycles. The summed E-state index contributed by atoms with van der Waals surface area (Å²) in [6.07, 6.45) is 2.13. The predicted molar refractivity (Wildman–Crippen MR) is 297 cm³/mol. The van der Waals surface area contributed by atoms with Crippen LogP contribution in [-0.2, 0) is 79.8 Å². The van der Waals surface area contributed by atoms with Crippen molar-refractivity contribution in [1.29, 1.82) is 0 Å². The molecule has 0 aromatic carbocycles. The van der Waals surface area contributed by atoms with Crippen LogP contribution in [0.3, 0.4) is 0 Å². The topological polar surface area (TPSA) is 316 Å². The molecule has 4 N–H and O–H groups in total. The summed E-state index contributed by atoms with van der Waals surface area (Å²) in [5.74, 6) is -5.95. The van der Waals surface area contributed by atoms with Gasteiger partial charge in [-0.25, -0.2) is 4.68 Å². The van der Waals surface area contributed by atoms with Gasteiger partial charge >= 0.3 is 35.8 Å². The minimum atomic E-state index is -2.09. The van der Waals surface area contributed by atoms with Crippen molar-refractivity contribution in [2.24, 2.45) is 54.4 Å². The van der Waals surface area contributed by atoms with E-state index >= 15 is 0 Å². The van der Waals surface area contributed by atoms with Crippen LogP contribution in [0.1, 0.15) is 132 Å². The van der Waals surface area contributed by atoms with Crippen molar-refractivity contribution in [3.05, 3.63) is 46.2 Å². The van der Waals surface area contributed by atoms with E-state index in [9.17, 15) is 38.7 Å². The van der Waals surface area contributed by atoms with Crippen molar-refractivity contribution in [2.45, 2.75) is 156 Å². The molecule has 0 aliphatic carbocycles. The summed E-state index contributed by atoms with van der Waals surface area (Å²) in [6, 6.07) is -0.979. The normalized spacial score (nSPS) is 29.7. The van der Waals surface area contributed by atoms with Gasteiger partial charge in [-0.3, -0.25) is 48.5 Å². The molecule has 0 radical (unpaired) electrons. The van der Waals surface area contributed by atoms with Gasteiger partial charge in [0.25, 0.3) is 0 Å². The Morgan fingerprint density at radius 1 is 0.732 bits per heavy atom. The number of hydrogen-bond donors (Lipinski definition) is 4. The number of carbonyl (C=O) groups is 7. The summed E-state index contributed by atoms with van der Waals surface area (Å²) in [6.45, 7) is 15.6. The Kier molecular flexibility index (Phi) is 20.3. The molecule has 1 aromatic heterocycles. The number of esters is 6. The van der Waals surface area contributed by atoms with E-state index in [2.05, 4.69) is 20.9 Å². The Balaban J connectivity index is 1.74. The maximum atomic E-state index is 14.8. The third-order valence-electron chi connectivity index (χ3n) is 18.6. The minimum absolute atomic E-state index is 0.00916. The van der Waals surface area contributed by atoms with Crippen molar-refractivity contribution in [3.63, 3.8) is 0 Å². The van der Waals surface area contributed by atoms with Gasteiger partial charge in [0.05, 0.1) is 112 Å². The highest BCUT2D eigenvalue weighted by molar-refractivity contribution is 6.10. The van der Waals surface area contributed by atoms with Crippen molar-refractivity contribution in [1.82, 2.24) is 25.6 Å². The highest BCUT2D eigenvalue weighted by Crippen LogP contribution is 2.63. The molecule has 82 heavy (non-hydrogen) atoms. The van der Waals surface area contributed by atoms with Crippen LogP contribution < -0.4 is 10.6 Å². The van der Waals surface area contributed by atoms with Gasteiger partial charge in [-0.15, -0.1) is 5.10 Å². The van der Waals surface area contributed by atoms with Crippen molar-refractivity contribution in [3.8, 4) is 0 Å². The smallest absolute Gasteiger partial charge is 0.306 e. The van der Waals surface area contributed by atoms with Crippen LogP contribution in [0.4, 0.5) is 0 Å². The van der Waals surface area contributed by atoms with Crippen LogP contribution in [0.2, 0.25) is 0 Å². The predicted octanol–water partition coefficient (Wildman–Crippen LogP) is 4.40. The number of amides is 1. The Bertz CT molecular complexity index is 2850. The van der Waals surface area contributed by atoms with Gasteiger partial charge in [-0.05, 0) is 63.7 Å². The number of nitrogens with zero attached hydrogens (tertiary/aromatic N) is 6. The summed E-state index contributed by atoms with van der Waals surface area (Å²) in [4.78, 5) is 113. The lowest BCUT2D eigenvalue weighted by Gasteiger charge is -2.48. The number of ether oxygens (including phenoxy) is 7. The third-order valence-corrected chi connectivity index (χ3v) is 18.6. The summed E-state index contributed by atoms with van der Waals surface area (Å²) in [5, 5.41) is 37.9. The average molecular weight is 1150 g/mol. The first kappa shape index (κ1) is 64.5. The Hall–Kier alpha value is -6.66. The largest absolute Gasteiger partial charge is 0.469 e. The highest BCUT2D eigenvalue weighted by Gasteiger charge is 2.67. The summed E-state index contributed by atoms with van der Waals surface area (Å²) >= 11 is 0. The number of rotatable bonds is 25. The van der Waals surface area contributed by atoms with E-state index < -0.39 is 105 Å². The molecule has 6 heterocycles. The van der Waals surface area contributed by atoms with Gasteiger partial charge in [-0.1, -0.05) is 39.8 Å². The molecule has 1 aromatic rings. The fourth-order valence-electron chi connectivity index (χ4n) is 13.3. The summed E-state index contributed by atoms with van der Waals surface area (Å²) in [5.41, 5.74) is -4.76. The molecule has 5 aliphatic rings. The number of fused-ring (bicyclic) bond motifs is 6. The SMILES string of the molecule is COC(=O)CC[C@@H]1C2=C(C)C3=NC([C@H](CC(=O)OC)[C@@]3(C)CCC(=O)OC)[C@]3(C)N=C(/C(C)=C4\NC(=CC(=N2)C1(C)C)[C@@](O)(CCC(=O)OC)[C@]4(C)CC(=O)NCc1cn(CCOCCO)nn1)[C@@H](CCC(=O)OC)[C@]3(C)CC(=O)OC. The number of allylic oxidation sites excluding steroid dienone is 4. The number of aromatic nitrogens is 3. The van der Waals surface area contributed by atoms with Crippen molar-refractivity contribution in [2.75, 3.05) is 62.5 Å². The van der Waals surface area contributed by atoms with Gasteiger partial charge < -0.3 is 54.0 Å². The van der Waals surface area contributed by atoms with E-state index in [0.29, 0.717) is 51.9 Å². The molecule has 452 valence electrons. The molecule has 24 nitrogen and oxygen atoms in total. The molecule has 1 unspecified atom stereocenters. The molecule has 5 aliphatic heterocycles. The van der Waals surface area contributed by atoms with E-state index in [4.69, 9.17) is 53.2 Å². The van der Waals surface area contributed by atoms with Gasteiger partial charge in [-0.2, -0.15) is 0 Å². The maximum Gasteiger partial charge on any atom is 0.306 e. The molecular formula is C58H84N8O16. The van der Waals surface area contributed by atoms with Gasteiger partial charge in [0, 0.05) is 100 Å².